The molecule has 0 radical (unpaired) electrons. The number of amides is 1. The molecule has 1 heterocycles. The van der Waals surface area contributed by atoms with Crippen molar-refractivity contribution in [3.8, 4) is 12.1 Å². The average Bonchev–Trinajstić information content (AvgIpc) is 2.80. The Kier molecular flexibility index (Phi) is 6.42. The lowest BCUT2D eigenvalue weighted by atomic mass is 10.2. The van der Waals surface area contributed by atoms with Crippen LogP contribution in [0, 0.1) is 22.7 Å². The Morgan fingerprint density at radius 2 is 1.63 bits per heavy atom. The highest BCUT2D eigenvalue weighted by molar-refractivity contribution is 7.89. The van der Waals surface area contributed by atoms with Gasteiger partial charge in [0.05, 0.1) is 10.6 Å². The van der Waals surface area contributed by atoms with E-state index in [1.165, 1.54) is 16.4 Å². The van der Waals surface area contributed by atoms with Gasteiger partial charge in [-0.2, -0.15) is 19.9 Å². The highest BCUT2D eigenvalue weighted by atomic mass is 32.2. The van der Waals surface area contributed by atoms with E-state index in [0.717, 1.165) is 0 Å². The van der Waals surface area contributed by atoms with Gasteiger partial charge in [-0.3, -0.25) is 10.2 Å². The molecule has 152 valence electrons. The van der Waals surface area contributed by atoms with E-state index in [1.54, 1.807) is 53.4 Å². The van der Waals surface area contributed by atoms with Crippen molar-refractivity contribution in [2.24, 2.45) is 5.10 Å². The van der Waals surface area contributed by atoms with Crippen molar-refractivity contribution in [3.63, 3.8) is 0 Å². The number of anilines is 1. The van der Waals surface area contributed by atoms with Gasteiger partial charge < -0.3 is 4.90 Å². The van der Waals surface area contributed by atoms with Crippen LogP contribution in [0.4, 0.5) is 5.69 Å². The number of piperazine rings is 1. The molecule has 0 atom stereocenters. The average molecular weight is 422 g/mol. The predicted octanol–water partition coefficient (Wildman–Crippen LogP) is 1.65. The second-order valence-electron chi connectivity index (χ2n) is 6.39. The van der Waals surface area contributed by atoms with Gasteiger partial charge in [-0.25, -0.2) is 8.42 Å². The van der Waals surface area contributed by atoms with Crippen LogP contribution in [0.3, 0.4) is 0 Å². The molecular weight excluding hydrogens is 404 g/mol. The number of nitrogens with one attached hydrogen (secondary N) is 1. The third kappa shape index (κ3) is 4.63. The van der Waals surface area contributed by atoms with Crippen molar-refractivity contribution in [2.75, 3.05) is 31.6 Å². The Bertz CT molecular complexity index is 1130. The summed E-state index contributed by atoms with van der Waals surface area (Å²) in [6.45, 7) is 0.958. The van der Waals surface area contributed by atoms with Crippen LogP contribution < -0.4 is 5.43 Å². The van der Waals surface area contributed by atoms with Crippen LogP contribution in [-0.2, 0) is 10.0 Å². The fourth-order valence-corrected chi connectivity index (χ4v) is 4.43. The van der Waals surface area contributed by atoms with E-state index in [1.807, 2.05) is 6.07 Å². The topological polar surface area (TPSA) is 130 Å². The van der Waals surface area contributed by atoms with Gasteiger partial charge in [0.1, 0.15) is 12.1 Å². The van der Waals surface area contributed by atoms with Crippen LogP contribution >= 0.6 is 0 Å². The number of nitrogens with zero attached hydrogens (tertiary/aromatic N) is 5. The van der Waals surface area contributed by atoms with Gasteiger partial charge in [0, 0.05) is 31.7 Å². The minimum absolute atomic E-state index is 0.0565. The van der Waals surface area contributed by atoms with E-state index >= 15 is 0 Å². The van der Waals surface area contributed by atoms with Gasteiger partial charge in [-0.05, 0) is 30.3 Å². The molecule has 1 aliphatic heterocycles. The highest BCUT2D eigenvalue weighted by Gasteiger charge is 2.30. The standard InChI is InChI=1S/C20H18N6O3S/c21-14-18(15-22)24-23-17-7-4-8-19(13-17)30(28,29)26-11-9-25(10-12-26)20(27)16-5-2-1-3-6-16/h1-8,13,23H,9-12H2. The Morgan fingerprint density at radius 1 is 0.967 bits per heavy atom. The highest BCUT2D eigenvalue weighted by Crippen LogP contribution is 2.21. The number of hydrogen-bond acceptors (Lipinski definition) is 7. The Labute approximate surface area is 174 Å². The molecule has 0 aromatic heterocycles. The van der Waals surface area contributed by atoms with Crippen molar-refractivity contribution < 1.29 is 13.2 Å². The first-order valence-corrected chi connectivity index (χ1v) is 10.5. The summed E-state index contributed by atoms with van der Waals surface area (Å²) in [4.78, 5) is 14.2. The molecule has 30 heavy (non-hydrogen) atoms. The van der Waals surface area contributed by atoms with E-state index < -0.39 is 10.0 Å². The first-order valence-electron chi connectivity index (χ1n) is 9.04. The third-order valence-corrected chi connectivity index (χ3v) is 6.42. The van der Waals surface area contributed by atoms with Gasteiger partial charge in [0.15, 0.2) is 0 Å². The number of carbonyl (C=O) groups is 1. The quantitative estimate of drug-likeness (QED) is 0.576. The summed E-state index contributed by atoms with van der Waals surface area (Å²) in [6.07, 6.45) is 0. The molecule has 0 saturated carbocycles. The number of carbonyl (C=O) groups excluding carboxylic acids is 1. The van der Waals surface area contributed by atoms with Gasteiger partial charge in [-0.1, -0.05) is 24.3 Å². The van der Waals surface area contributed by atoms with Gasteiger partial charge >= 0.3 is 0 Å². The van der Waals surface area contributed by atoms with Crippen molar-refractivity contribution in [1.29, 1.82) is 10.5 Å². The summed E-state index contributed by atoms with van der Waals surface area (Å²) >= 11 is 0. The number of sulfonamides is 1. The van der Waals surface area contributed by atoms with E-state index in [2.05, 4.69) is 10.5 Å². The fourth-order valence-electron chi connectivity index (χ4n) is 2.97. The molecule has 0 spiro atoms. The first-order chi connectivity index (χ1) is 14.5. The van der Waals surface area contributed by atoms with Gasteiger partial charge in [0.2, 0.25) is 15.7 Å². The number of nitriles is 2. The van der Waals surface area contributed by atoms with Crippen LogP contribution in [-0.4, -0.2) is 55.4 Å². The molecule has 1 N–H and O–H groups in total. The maximum Gasteiger partial charge on any atom is 0.253 e. The van der Waals surface area contributed by atoms with Crippen LogP contribution in [0.2, 0.25) is 0 Å². The second kappa shape index (κ2) is 9.18. The Morgan fingerprint density at radius 3 is 2.27 bits per heavy atom. The predicted molar refractivity (Wildman–Crippen MR) is 110 cm³/mol. The van der Waals surface area contributed by atoms with Crippen LogP contribution in [0.1, 0.15) is 10.4 Å². The minimum atomic E-state index is -3.77. The molecule has 3 rings (SSSR count). The minimum Gasteiger partial charge on any atom is -0.336 e. The molecule has 1 aliphatic rings. The number of hydrazone groups is 1. The molecule has 0 bridgehead atoms. The maximum atomic E-state index is 13.0. The molecule has 1 saturated heterocycles. The summed E-state index contributed by atoms with van der Waals surface area (Å²) in [5, 5.41) is 21.1. The first kappa shape index (κ1) is 21.0. The fraction of sp³-hybridized carbons (Fsp3) is 0.200. The summed E-state index contributed by atoms with van der Waals surface area (Å²) in [7, 11) is -3.77. The lowest BCUT2D eigenvalue weighted by Gasteiger charge is -2.34. The number of benzene rings is 2. The zero-order valence-corrected chi connectivity index (χ0v) is 16.7. The Balaban J connectivity index is 1.69. The summed E-state index contributed by atoms with van der Waals surface area (Å²) < 4.78 is 27.3. The monoisotopic (exact) mass is 422 g/mol. The summed E-state index contributed by atoms with van der Waals surface area (Å²) in [5.74, 6) is -0.123. The number of rotatable bonds is 5. The van der Waals surface area contributed by atoms with E-state index in [0.29, 0.717) is 24.3 Å². The third-order valence-electron chi connectivity index (χ3n) is 4.53. The van der Waals surface area contributed by atoms with Crippen molar-refractivity contribution in [3.05, 3.63) is 60.2 Å². The zero-order chi connectivity index (χ0) is 21.6. The molecule has 0 unspecified atom stereocenters. The van der Waals surface area contributed by atoms with Crippen LogP contribution in [0.5, 0.6) is 0 Å². The zero-order valence-electron chi connectivity index (χ0n) is 15.9. The van der Waals surface area contributed by atoms with Crippen LogP contribution in [0.25, 0.3) is 0 Å². The van der Waals surface area contributed by atoms with Crippen molar-refractivity contribution in [1.82, 2.24) is 9.21 Å². The molecule has 1 amide bonds. The van der Waals surface area contributed by atoms with E-state index in [-0.39, 0.29) is 29.6 Å². The van der Waals surface area contributed by atoms with Crippen LogP contribution in [0.15, 0.2) is 64.6 Å². The summed E-state index contributed by atoms with van der Waals surface area (Å²) in [6, 6.07) is 18.0. The van der Waals surface area contributed by atoms with Crippen molar-refractivity contribution >= 4 is 27.3 Å². The van der Waals surface area contributed by atoms with Gasteiger partial charge in [-0.15, -0.1) is 0 Å². The lowest BCUT2D eigenvalue weighted by molar-refractivity contribution is 0.0698. The Hall–Kier alpha value is -3.73. The molecule has 2 aromatic carbocycles. The lowest BCUT2D eigenvalue weighted by Crippen LogP contribution is -2.50. The molecule has 2 aromatic rings. The summed E-state index contributed by atoms with van der Waals surface area (Å²) in [5.41, 5.74) is 3.04. The normalized spacial score (nSPS) is 14.3. The number of hydrogen-bond donors (Lipinski definition) is 1. The van der Waals surface area contributed by atoms with E-state index in [9.17, 15) is 13.2 Å². The maximum absolute atomic E-state index is 13.0. The van der Waals surface area contributed by atoms with E-state index in [4.69, 9.17) is 10.5 Å². The molecule has 0 aliphatic carbocycles. The van der Waals surface area contributed by atoms with Crippen molar-refractivity contribution in [2.45, 2.75) is 4.90 Å². The molecule has 1 fully saturated rings. The van der Waals surface area contributed by atoms with Gasteiger partial charge in [0.25, 0.3) is 5.91 Å². The molecular formula is C20H18N6O3S. The SMILES string of the molecule is N#CC(C#N)=NNc1cccc(S(=O)(=O)N2CCN(C(=O)c3ccccc3)CC2)c1. The second-order valence-corrected chi connectivity index (χ2v) is 8.32. The molecule has 9 nitrogen and oxygen atoms in total. The smallest absolute Gasteiger partial charge is 0.253 e. The largest absolute Gasteiger partial charge is 0.336 e. The molecule has 10 heteroatoms.